The summed E-state index contributed by atoms with van der Waals surface area (Å²) in [5.74, 6) is 0.532. The lowest BCUT2D eigenvalue weighted by Gasteiger charge is -2.33. The lowest BCUT2D eigenvalue weighted by Crippen LogP contribution is -2.40. The molecule has 2 aromatic rings. The highest BCUT2D eigenvalue weighted by molar-refractivity contribution is 5.85. The number of benzene rings is 1. The highest BCUT2D eigenvalue weighted by Gasteiger charge is 2.38. The van der Waals surface area contributed by atoms with Gasteiger partial charge in [-0.05, 0) is 18.1 Å². The van der Waals surface area contributed by atoms with E-state index in [1.807, 2.05) is 18.2 Å². The molecule has 0 saturated heterocycles. The van der Waals surface area contributed by atoms with Crippen molar-refractivity contribution in [1.29, 1.82) is 0 Å². The lowest BCUT2D eigenvalue weighted by atomic mass is 9.96. The number of ether oxygens (including phenoxy) is 2. The third-order valence-corrected chi connectivity index (χ3v) is 4.04. The molecule has 0 saturated carbocycles. The van der Waals surface area contributed by atoms with Crippen LogP contribution in [0.25, 0.3) is 10.9 Å². The van der Waals surface area contributed by atoms with Crippen LogP contribution < -0.4 is 0 Å². The Hall–Kier alpha value is -2.63. The second-order valence-electron chi connectivity index (χ2n) is 5.14. The summed E-state index contributed by atoms with van der Waals surface area (Å²) in [6, 6.07) is 7.53. The maximum absolute atomic E-state index is 11.5. The molecule has 0 bridgehead atoms. The minimum absolute atomic E-state index is 0.134. The molecule has 1 amide bonds. The Morgan fingerprint density at radius 3 is 3.00 bits per heavy atom. The molecule has 21 heavy (non-hydrogen) atoms. The van der Waals surface area contributed by atoms with E-state index < -0.39 is 12.1 Å². The number of rotatable bonds is 1. The van der Waals surface area contributed by atoms with Crippen molar-refractivity contribution in [1.82, 2.24) is 9.88 Å². The predicted molar refractivity (Wildman–Crippen MR) is 74.6 cm³/mol. The van der Waals surface area contributed by atoms with Gasteiger partial charge in [0.05, 0.1) is 5.69 Å². The quantitative estimate of drug-likeness (QED) is 0.845. The van der Waals surface area contributed by atoms with E-state index in [1.54, 1.807) is 0 Å². The van der Waals surface area contributed by atoms with E-state index in [-0.39, 0.29) is 6.79 Å². The fourth-order valence-corrected chi connectivity index (χ4v) is 3.14. The first-order valence-electron chi connectivity index (χ1n) is 6.79. The molecule has 0 fully saturated rings. The lowest BCUT2D eigenvalue weighted by molar-refractivity contribution is 0.0554. The van der Waals surface area contributed by atoms with Gasteiger partial charge in [-0.15, -0.1) is 0 Å². The zero-order valence-electron chi connectivity index (χ0n) is 11.2. The SMILES string of the molecule is O=C(O)N1CCc2c([nH]c3ccccc23)C1C1=COCO1. The topological polar surface area (TPSA) is 74.8 Å². The van der Waals surface area contributed by atoms with E-state index in [0.29, 0.717) is 18.7 Å². The molecular weight excluding hydrogens is 272 g/mol. The Kier molecular flexibility index (Phi) is 2.57. The van der Waals surface area contributed by atoms with Crippen LogP contribution in [0.4, 0.5) is 4.79 Å². The van der Waals surface area contributed by atoms with Crippen LogP contribution in [0, 0.1) is 0 Å². The van der Waals surface area contributed by atoms with Crippen molar-refractivity contribution in [3.05, 3.63) is 47.5 Å². The molecule has 3 heterocycles. The Bertz CT molecular complexity index is 749. The van der Waals surface area contributed by atoms with E-state index in [1.165, 1.54) is 11.2 Å². The highest BCUT2D eigenvalue weighted by atomic mass is 16.7. The number of H-pyrrole nitrogens is 1. The number of para-hydroxylation sites is 1. The van der Waals surface area contributed by atoms with Crippen LogP contribution in [0.2, 0.25) is 0 Å². The zero-order chi connectivity index (χ0) is 14.4. The van der Waals surface area contributed by atoms with Crippen molar-refractivity contribution in [3.63, 3.8) is 0 Å². The summed E-state index contributed by atoms with van der Waals surface area (Å²) in [6.45, 7) is 0.574. The number of amides is 1. The van der Waals surface area contributed by atoms with E-state index in [9.17, 15) is 9.90 Å². The normalized spacial score (nSPS) is 20.7. The summed E-state index contributed by atoms with van der Waals surface area (Å²) in [4.78, 5) is 16.3. The number of nitrogens with zero attached hydrogens (tertiary/aromatic N) is 1. The van der Waals surface area contributed by atoms with Gasteiger partial charge in [-0.2, -0.15) is 0 Å². The number of carboxylic acid groups (broad SMARTS) is 1. The van der Waals surface area contributed by atoms with Gasteiger partial charge in [-0.25, -0.2) is 4.79 Å². The van der Waals surface area contributed by atoms with Gasteiger partial charge >= 0.3 is 6.09 Å². The monoisotopic (exact) mass is 286 g/mol. The van der Waals surface area contributed by atoms with Gasteiger partial charge < -0.3 is 19.6 Å². The van der Waals surface area contributed by atoms with Crippen LogP contribution in [-0.4, -0.2) is 34.4 Å². The fourth-order valence-electron chi connectivity index (χ4n) is 3.14. The number of carbonyl (C=O) groups is 1. The molecule has 4 rings (SSSR count). The largest absolute Gasteiger partial charge is 0.465 e. The molecule has 6 heteroatoms. The van der Waals surface area contributed by atoms with Crippen molar-refractivity contribution in [2.45, 2.75) is 12.5 Å². The maximum atomic E-state index is 11.5. The third kappa shape index (κ3) is 1.75. The van der Waals surface area contributed by atoms with Gasteiger partial charge in [0.25, 0.3) is 0 Å². The number of nitrogens with one attached hydrogen (secondary N) is 1. The van der Waals surface area contributed by atoms with Crippen molar-refractivity contribution in [2.75, 3.05) is 13.3 Å². The van der Waals surface area contributed by atoms with Crippen LogP contribution in [0.15, 0.2) is 36.3 Å². The van der Waals surface area contributed by atoms with E-state index >= 15 is 0 Å². The van der Waals surface area contributed by atoms with Crippen molar-refractivity contribution >= 4 is 17.0 Å². The molecule has 1 aromatic heterocycles. The van der Waals surface area contributed by atoms with Gasteiger partial charge in [0, 0.05) is 17.4 Å². The van der Waals surface area contributed by atoms with Gasteiger partial charge in [0.2, 0.25) is 6.79 Å². The molecule has 2 aliphatic heterocycles. The third-order valence-electron chi connectivity index (χ3n) is 4.04. The van der Waals surface area contributed by atoms with Gasteiger partial charge in [0.1, 0.15) is 12.3 Å². The highest BCUT2D eigenvalue weighted by Crippen LogP contribution is 2.39. The molecule has 2 aliphatic rings. The summed E-state index contributed by atoms with van der Waals surface area (Å²) in [6.07, 6.45) is 1.23. The first-order valence-corrected chi connectivity index (χ1v) is 6.79. The Morgan fingerprint density at radius 2 is 2.24 bits per heavy atom. The van der Waals surface area contributed by atoms with Gasteiger partial charge in [-0.1, -0.05) is 18.2 Å². The average Bonchev–Trinajstić information content (AvgIpc) is 3.13. The second kappa shape index (κ2) is 4.44. The molecular formula is C15H14N2O4. The molecule has 0 aliphatic carbocycles. The smallest absolute Gasteiger partial charge is 0.408 e. The van der Waals surface area contributed by atoms with Crippen LogP contribution in [0.3, 0.4) is 0 Å². The zero-order valence-corrected chi connectivity index (χ0v) is 11.2. The molecule has 6 nitrogen and oxygen atoms in total. The Balaban J connectivity index is 1.90. The van der Waals surface area contributed by atoms with E-state index in [0.717, 1.165) is 22.2 Å². The molecule has 108 valence electrons. The van der Waals surface area contributed by atoms with Crippen LogP contribution >= 0.6 is 0 Å². The minimum atomic E-state index is -0.958. The van der Waals surface area contributed by atoms with Crippen molar-refractivity contribution in [2.24, 2.45) is 0 Å². The summed E-state index contributed by atoms with van der Waals surface area (Å²) >= 11 is 0. The van der Waals surface area contributed by atoms with E-state index in [2.05, 4.69) is 11.1 Å². The summed E-state index contributed by atoms with van der Waals surface area (Å²) < 4.78 is 10.5. The average molecular weight is 286 g/mol. The Labute approximate surface area is 120 Å². The molecule has 1 aromatic carbocycles. The first kappa shape index (κ1) is 12.1. The standard InChI is InChI=1S/C15H14N2O4/c18-15(19)17-6-5-10-9-3-1-2-4-11(9)16-13(10)14(17)12-7-20-8-21-12/h1-4,7,14,16H,5-6,8H2,(H,18,19). The fraction of sp³-hybridized carbons (Fsp3) is 0.267. The van der Waals surface area contributed by atoms with Crippen molar-refractivity contribution < 1.29 is 19.4 Å². The predicted octanol–water partition coefficient (Wildman–Crippen LogP) is 2.59. The van der Waals surface area contributed by atoms with Crippen molar-refractivity contribution in [3.8, 4) is 0 Å². The minimum Gasteiger partial charge on any atom is -0.465 e. The van der Waals surface area contributed by atoms with Gasteiger partial charge in [0.15, 0.2) is 5.76 Å². The molecule has 0 spiro atoms. The molecule has 0 radical (unpaired) electrons. The second-order valence-corrected chi connectivity index (χ2v) is 5.14. The number of aromatic nitrogens is 1. The number of hydrogen-bond acceptors (Lipinski definition) is 3. The Morgan fingerprint density at radius 1 is 1.38 bits per heavy atom. The van der Waals surface area contributed by atoms with E-state index in [4.69, 9.17) is 9.47 Å². The summed E-state index contributed by atoms with van der Waals surface area (Å²) in [5.41, 5.74) is 3.05. The van der Waals surface area contributed by atoms with Crippen LogP contribution in [0.1, 0.15) is 17.3 Å². The first-order chi connectivity index (χ1) is 10.3. The number of hydrogen-bond donors (Lipinski definition) is 2. The molecule has 1 atom stereocenters. The number of aromatic amines is 1. The van der Waals surface area contributed by atoms with Gasteiger partial charge in [-0.3, -0.25) is 4.90 Å². The summed E-state index contributed by atoms with van der Waals surface area (Å²) in [7, 11) is 0. The molecule has 1 unspecified atom stereocenters. The van der Waals surface area contributed by atoms with Crippen LogP contribution in [-0.2, 0) is 15.9 Å². The summed E-state index contributed by atoms with van der Waals surface area (Å²) in [5, 5.41) is 10.6. The van der Waals surface area contributed by atoms with Crippen LogP contribution in [0.5, 0.6) is 0 Å². The maximum Gasteiger partial charge on any atom is 0.408 e. The molecule has 2 N–H and O–H groups in total. The number of fused-ring (bicyclic) bond motifs is 3.